The molecule has 12 heavy (non-hydrogen) atoms. The molecule has 2 heterocycles. The predicted octanol–water partition coefficient (Wildman–Crippen LogP) is 1.38. The van der Waals surface area contributed by atoms with Gasteiger partial charge in [-0.3, -0.25) is 5.10 Å². The molecule has 0 spiro atoms. The second kappa shape index (κ2) is 3.62. The van der Waals surface area contributed by atoms with E-state index in [-0.39, 0.29) is 0 Å². The van der Waals surface area contributed by atoms with Crippen molar-refractivity contribution in [2.45, 2.75) is 12.2 Å². The van der Waals surface area contributed by atoms with E-state index < -0.39 is 0 Å². The Morgan fingerprint density at radius 1 is 1.67 bits per heavy atom. The van der Waals surface area contributed by atoms with E-state index in [0.717, 1.165) is 23.8 Å². The number of rotatable bonds is 2. The van der Waals surface area contributed by atoms with Crippen LogP contribution in [-0.4, -0.2) is 21.8 Å². The summed E-state index contributed by atoms with van der Waals surface area (Å²) in [6.45, 7) is 0.730. The van der Waals surface area contributed by atoms with Gasteiger partial charge >= 0.3 is 0 Å². The molecule has 0 aromatic carbocycles. The predicted molar refractivity (Wildman–Crippen MR) is 47.9 cm³/mol. The molecular weight excluding hydrogens is 174 g/mol. The van der Waals surface area contributed by atoms with Gasteiger partial charge in [0, 0.05) is 23.9 Å². The quantitative estimate of drug-likeness (QED) is 0.753. The largest absolute Gasteiger partial charge is 0.395 e. The van der Waals surface area contributed by atoms with Crippen molar-refractivity contribution in [1.82, 2.24) is 10.2 Å². The molecule has 0 radical (unpaired) electrons. The maximum Gasteiger partial charge on any atom is 0.123 e. The number of nitrogens with zero attached hydrogens (tertiary/aromatic N) is 2. The van der Waals surface area contributed by atoms with Crippen molar-refractivity contribution < 1.29 is 4.84 Å². The highest BCUT2D eigenvalue weighted by Crippen LogP contribution is 2.17. The highest BCUT2D eigenvalue weighted by Gasteiger charge is 2.08. The lowest BCUT2D eigenvalue weighted by Crippen LogP contribution is -1.88. The van der Waals surface area contributed by atoms with Gasteiger partial charge in [-0.25, -0.2) is 0 Å². The molecule has 0 saturated heterocycles. The Balaban J connectivity index is 1.82. The van der Waals surface area contributed by atoms with Gasteiger partial charge in [-0.15, -0.1) is 11.8 Å². The third kappa shape index (κ3) is 1.79. The molecule has 64 valence electrons. The van der Waals surface area contributed by atoms with Crippen molar-refractivity contribution in [2.75, 3.05) is 6.61 Å². The maximum absolute atomic E-state index is 4.87. The Morgan fingerprint density at radius 3 is 3.33 bits per heavy atom. The third-order valence-electron chi connectivity index (χ3n) is 1.53. The van der Waals surface area contributed by atoms with Crippen LogP contribution < -0.4 is 0 Å². The Kier molecular flexibility index (Phi) is 2.31. The number of thioether (sulfide) groups is 1. The van der Waals surface area contributed by atoms with Gasteiger partial charge in [-0.1, -0.05) is 5.16 Å². The van der Waals surface area contributed by atoms with Crippen LogP contribution in [0.15, 0.2) is 17.5 Å². The molecule has 0 atom stereocenters. The molecule has 0 bridgehead atoms. The highest BCUT2D eigenvalue weighted by molar-refractivity contribution is 8.13. The van der Waals surface area contributed by atoms with E-state index in [1.54, 1.807) is 11.8 Å². The monoisotopic (exact) mass is 183 g/mol. The first-order valence-corrected chi connectivity index (χ1v) is 4.73. The fraction of sp³-hybridized carbons (Fsp3) is 0.429. The summed E-state index contributed by atoms with van der Waals surface area (Å²) in [5.74, 6) is 0.915. The number of aromatic amines is 1. The van der Waals surface area contributed by atoms with Crippen molar-refractivity contribution in [3.63, 3.8) is 0 Å². The molecule has 0 fully saturated rings. The average molecular weight is 183 g/mol. The summed E-state index contributed by atoms with van der Waals surface area (Å²) in [6.07, 6.45) is 4.66. The first-order valence-electron chi connectivity index (χ1n) is 3.74. The second-order valence-electron chi connectivity index (χ2n) is 2.46. The summed E-state index contributed by atoms with van der Waals surface area (Å²) in [5, 5.41) is 11.6. The normalized spacial score (nSPS) is 15.8. The SMILES string of the molecule is c1n[nH]cc1CSC1=NOCC1. The summed E-state index contributed by atoms with van der Waals surface area (Å²) >= 11 is 1.71. The van der Waals surface area contributed by atoms with Gasteiger partial charge in [0.1, 0.15) is 11.7 Å². The topological polar surface area (TPSA) is 50.3 Å². The number of H-pyrrole nitrogens is 1. The van der Waals surface area contributed by atoms with Gasteiger partial charge in [0.2, 0.25) is 0 Å². The fourth-order valence-electron chi connectivity index (χ4n) is 0.918. The molecule has 1 N–H and O–H groups in total. The van der Waals surface area contributed by atoms with Crippen LogP contribution in [0.25, 0.3) is 0 Å². The molecule has 5 heteroatoms. The molecule has 1 aromatic heterocycles. The van der Waals surface area contributed by atoms with Crippen LogP contribution in [0.4, 0.5) is 0 Å². The van der Waals surface area contributed by atoms with Gasteiger partial charge in [0.05, 0.1) is 6.20 Å². The summed E-state index contributed by atoms with van der Waals surface area (Å²) in [4.78, 5) is 4.87. The summed E-state index contributed by atoms with van der Waals surface area (Å²) < 4.78 is 0. The van der Waals surface area contributed by atoms with Crippen LogP contribution in [0, 0.1) is 0 Å². The van der Waals surface area contributed by atoms with Crippen molar-refractivity contribution in [3.05, 3.63) is 18.0 Å². The lowest BCUT2D eigenvalue weighted by Gasteiger charge is -1.93. The molecule has 0 amide bonds. The molecule has 1 aromatic rings. The Labute approximate surface area is 74.4 Å². The first-order chi connectivity index (χ1) is 5.95. The summed E-state index contributed by atoms with van der Waals surface area (Å²) in [7, 11) is 0. The average Bonchev–Trinajstić information content (AvgIpc) is 2.74. The van der Waals surface area contributed by atoms with Crippen LogP contribution >= 0.6 is 11.8 Å². The molecular formula is C7H9N3OS. The van der Waals surface area contributed by atoms with Crippen LogP contribution in [0.2, 0.25) is 0 Å². The van der Waals surface area contributed by atoms with Gasteiger partial charge in [-0.2, -0.15) is 5.10 Å². The van der Waals surface area contributed by atoms with E-state index in [0.29, 0.717) is 0 Å². The van der Waals surface area contributed by atoms with Gasteiger partial charge in [0.25, 0.3) is 0 Å². The first kappa shape index (κ1) is 7.67. The number of hydrogen-bond acceptors (Lipinski definition) is 4. The minimum absolute atomic E-state index is 0.730. The smallest absolute Gasteiger partial charge is 0.123 e. The maximum atomic E-state index is 4.87. The highest BCUT2D eigenvalue weighted by atomic mass is 32.2. The third-order valence-corrected chi connectivity index (χ3v) is 2.62. The summed E-state index contributed by atoms with van der Waals surface area (Å²) in [6, 6.07) is 0. The molecule has 4 nitrogen and oxygen atoms in total. The van der Waals surface area contributed by atoms with E-state index >= 15 is 0 Å². The Hall–Kier alpha value is -0.970. The molecule has 0 saturated carbocycles. The van der Waals surface area contributed by atoms with E-state index in [2.05, 4.69) is 15.4 Å². The lowest BCUT2D eigenvalue weighted by atomic mass is 10.4. The van der Waals surface area contributed by atoms with Crippen LogP contribution in [-0.2, 0) is 10.6 Å². The van der Waals surface area contributed by atoms with E-state index in [1.165, 1.54) is 5.56 Å². The van der Waals surface area contributed by atoms with Gasteiger partial charge in [-0.05, 0) is 0 Å². The summed E-state index contributed by atoms with van der Waals surface area (Å²) in [5.41, 5.74) is 1.19. The van der Waals surface area contributed by atoms with Gasteiger partial charge < -0.3 is 4.84 Å². The minimum atomic E-state index is 0.730. The lowest BCUT2D eigenvalue weighted by molar-refractivity contribution is 0.174. The van der Waals surface area contributed by atoms with Crippen molar-refractivity contribution in [1.29, 1.82) is 0 Å². The van der Waals surface area contributed by atoms with E-state index in [1.807, 2.05) is 12.4 Å². The standard InChI is InChI=1S/C7H9N3OS/c1-2-11-10-7(1)12-5-6-3-8-9-4-6/h3-4H,1-2,5H2,(H,8,9). The molecule has 0 unspecified atom stereocenters. The van der Waals surface area contributed by atoms with Crippen molar-refractivity contribution in [3.8, 4) is 0 Å². The number of nitrogens with one attached hydrogen (secondary N) is 1. The number of aromatic nitrogens is 2. The second-order valence-corrected chi connectivity index (χ2v) is 3.51. The Morgan fingerprint density at radius 2 is 2.67 bits per heavy atom. The fourth-order valence-corrected chi connectivity index (χ4v) is 1.74. The van der Waals surface area contributed by atoms with Crippen LogP contribution in [0.3, 0.4) is 0 Å². The minimum Gasteiger partial charge on any atom is -0.395 e. The van der Waals surface area contributed by atoms with Crippen LogP contribution in [0.5, 0.6) is 0 Å². The molecule has 1 aliphatic rings. The zero-order chi connectivity index (χ0) is 8.23. The van der Waals surface area contributed by atoms with Crippen molar-refractivity contribution >= 4 is 16.8 Å². The zero-order valence-electron chi connectivity index (χ0n) is 6.49. The number of hydrogen-bond donors (Lipinski definition) is 1. The van der Waals surface area contributed by atoms with Crippen molar-refractivity contribution in [2.24, 2.45) is 5.16 Å². The Bertz CT molecular complexity index is 270. The van der Waals surface area contributed by atoms with E-state index in [9.17, 15) is 0 Å². The molecule has 2 rings (SSSR count). The number of oxime groups is 1. The molecule has 0 aliphatic carbocycles. The molecule has 1 aliphatic heterocycles. The van der Waals surface area contributed by atoms with Crippen LogP contribution in [0.1, 0.15) is 12.0 Å². The van der Waals surface area contributed by atoms with Gasteiger partial charge in [0.15, 0.2) is 0 Å². The van der Waals surface area contributed by atoms with E-state index in [4.69, 9.17) is 4.84 Å². The zero-order valence-corrected chi connectivity index (χ0v) is 7.30.